The topological polar surface area (TPSA) is 92.5 Å². The molecule has 0 N–H and O–H groups in total. The van der Waals surface area contributed by atoms with Gasteiger partial charge in [-0.25, -0.2) is 21.1 Å². The zero-order valence-electron chi connectivity index (χ0n) is 11.7. The molecule has 0 saturated carbocycles. The zero-order chi connectivity index (χ0) is 15.7. The number of imidazole rings is 1. The van der Waals surface area contributed by atoms with E-state index in [-0.39, 0.29) is 17.8 Å². The normalized spacial score (nSPS) is 12.1. The Morgan fingerprint density at radius 3 is 2.76 bits per heavy atom. The summed E-state index contributed by atoms with van der Waals surface area (Å²) in [5, 5.41) is 0. The molecule has 2 aromatic heterocycles. The zero-order valence-corrected chi connectivity index (χ0v) is 11.7. The van der Waals surface area contributed by atoms with Crippen LogP contribution in [0.4, 0.5) is 0 Å². The third kappa shape index (κ3) is 2.10. The van der Waals surface area contributed by atoms with Crippen LogP contribution >= 0.6 is 0 Å². The third-order valence-corrected chi connectivity index (χ3v) is 3.23. The van der Waals surface area contributed by atoms with E-state index >= 15 is 0 Å². The van der Waals surface area contributed by atoms with Crippen molar-refractivity contribution in [2.45, 2.75) is 19.6 Å². The van der Waals surface area contributed by atoms with Crippen molar-refractivity contribution in [3.05, 3.63) is 38.6 Å². The average molecular weight is 291 g/mol. The molecule has 0 unspecified atom stereocenters. The highest BCUT2D eigenvalue weighted by atomic mass is 16.5. The number of fused-ring (bicyclic) bond motifs is 1. The van der Waals surface area contributed by atoms with Crippen LogP contribution in [0.3, 0.4) is 0 Å². The molecule has 9 nitrogen and oxygen atoms in total. The van der Waals surface area contributed by atoms with Crippen molar-refractivity contribution in [3.63, 3.8) is 0 Å². The first-order valence-electron chi connectivity index (χ1n) is 6.01. The molecule has 0 saturated heterocycles. The summed E-state index contributed by atoms with van der Waals surface area (Å²) in [6, 6.07) is -0.772. The molecule has 21 heavy (non-hydrogen) atoms. The molecular weight excluding hydrogens is 278 g/mol. The predicted molar refractivity (Wildman–Crippen MR) is 72.6 cm³/mol. The van der Waals surface area contributed by atoms with Gasteiger partial charge in [0.05, 0.1) is 13.4 Å². The molecule has 0 radical (unpaired) electrons. The van der Waals surface area contributed by atoms with Gasteiger partial charge < -0.3 is 9.30 Å². The van der Waals surface area contributed by atoms with Crippen molar-refractivity contribution in [1.29, 1.82) is 0 Å². The van der Waals surface area contributed by atoms with E-state index in [9.17, 15) is 14.4 Å². The summed E-state index contributed by atoms with van der Waals surface area (Å²) in [6.07, 6.45) is 1.30. The molecule has 1 atom stereocenters. The van der Waals surface area contributed by atoms with Gasteiger partial charge in [-0.15, -0.1) is 0 Å². The average Bonchev–Trinajstić information content (AvgIpc) is 2.92. The Bertz CT molecular complexity index is 867. The number of hydrogen-bond donors (Lipinski definition) is 0. The van der Waals surface area contributed by atoms with Crippen LogP contribution in [0.2, 0.25) is 0 Å². The first-order valence-corrected chi connectivity index (χ1v) is 6.01. The van der Waals surface area contributed by atoms with E-state index in [1.54, 1.807) is 6.92 Å². The molecule has 110 valence electrons. The summed E-state index contributed by atoms with van der Waals surface area (Å²) < 4.78 is 7.95. The molecule has 0 spiro atoms. The number of aromatic nitrogens is 4. The molecule has 2 aromatic rings. The van der Waals surface area contributed by atoms with Gasteiger partial charge in [-0.1, -0.05) is 0 Å². The Morgan fingerprint density at radius 1 is 1.52 bits per heavy atom. The maximum atomic E-state index is 12.4. The second kappa shape index (κ2) is 5.24. The van der Waals surface area contributed by atoms with Gasteiger partial charge in [-0.2, -0.15) is 4.57 Å². The first-order chi connectivity index (χ1) is 9.93. The summed E-state index contributed by atoms with van der Waals surface area (Å²) >= 11 is 0. The Balaban J connectivity index is 2.85. The smallest absolute Gasteiger partial charge is 0.338 e. The minimum absolute atomic E-state index is 0.0821. The molecule has 9 heteroatoms. The molecule has 0 amide bonds. The lowest BCUT2D eigenvalue weighted by Gasteiger charge is -2.12. The lowest BCUT2D eigenvalue weighted by Crippen LogP contribution is -2.39. The Morgan fingerprint density at radius 2 is 2.19 bits per heavy atom. The Kier molecular flexibility index (Phi) is 3.62. The van der Waals surface area contributed by atoms with Crippen LogP contribution in [0.5, 0.6) is 0 Å². The summed E-state index contributed by atoms with van der Waals surface area (Å²) in [7, 11) is 2.69. The van der Waals surface area contributed by atoms with Gasteiger partial charge in [0, 0.05) is 7.05 Å². The van der Waals surface area contributed by atoms with Gasteiger partial charge in [0.2, 0.25) is 0 Å². The Labute approximate surface area is 118 Å². The van der Waals surface area contributed by atoms with E-state index in [2.05, 4.69) is 14.6 Å². The van der Waals surface area contributed by atoms with Crippen LogP contribution in [0.15, 0.2) is 15.9 Å². The van der Waals surface area contributed by atoms with Crippen molar-refractivity contribution >= 4 is 17.1 Å². The van der Waals surface area contributed by atoms with E-state index < -0.39 is 23.3 Å². The van der Waals surface area contributed by atoms with E-state index in [0.717, 1.165) is 4.57 Å². The number of carbonyl (C=O) groups excluding carboxylic acids is 1. The standard InChI is InChI=1S/C12H13N5O4/c1-7(11(19)21-4)16-6-14-9-8(16)10(18)17(5-13-2)12(20)15(9)3/h6-7H,5H2,1,3-4H3/t7-/m0/s1. The molecule has 0 aliphatic carbocycles. The van der Waals surface area contributed by atoms with E-state index in [4.69, 9.17) is 6.57 Å². The van der Waals surface area contributed by atoms with Crippen molar-refractivity contribution in [2.75, 3.05) is 7.11 Å². The highest BCUT2D eigenvalue weighted by Gasteiger charge is 2.23. The number of carbonyl (C=O) groups is 1. The van der Waals surface area contributed by atoms with Crippen LogP contribution in [0, 0.1) is 6.57 Å². The monoisotopic (exact) mass is 291 g/mol. The summed E-state index contributed by atoms with van der Waals surface area (Å²) in [4.78, 5) is 43.1. The van der Waals surface area contributed by atoms with Crippen molar-refractivity contribution in [3.8, 4) is 0 Å². The fraction of sp³-hybridized carbons (Fsp3) is 0.417. The van der Waals surface area contributed by atoms with Crippen molar-refractivity contribution < 1.29 is 9.53 Å². The van der Waals surface area contributed by atoms with E-state index in [1.807, 2.05) is 0 Å². The van der Waals surface area contributed by atoms with Gasteiger partial charge >= 0.3 is 11.7 Å². The molecule has 2 rings (SSSR count). The Hall–Kier alpha value is -2.89. The molecule has 0 aromatic carbocycles. The van der Waals surface area contributed by atoms with Crippen LogP contribution in [0.1, 0.15) is 13.0 Å². The minimum atomic E-state index is -0.772. The summed E-state index contributed by atoms with van der Waals surface area (Å²) in [5.41, 5.74) is -1.04. The van der Waals surface area contributed by atoms with Gasteiger partial charge in [-0.05, 0) is 6.92 Å². The van der Waals surface area contributed by atoms with Gasteiger partial charge in [0.1, 0.15) is 6.04 Å². The maximum Gasteiger partial charge on any atom is 0.338 e. The second-order valence-electron chi connectivity index (χ2n) is 4.40. The fourth-order valence-electron chi connectivity index (χ4n) is 2.06. The van der Waals surface area contributed by atoms with Gasteiger partial charge in [0.25, 0.3) is 12.2 Å². The SMILES string of the molecule is [C-]#[N+]Cn1c(=O)c2c(ncn2[C@@H](C)C(=O)OC)n(C)c1=O. The minimum Gasteiger partial charge on any atom is -0.467 e. The summed E-state index contributed by atoms with van der Waals surface area (Å²) in [6.45, 7) is 7.99. The van der Waals surface area contributed by atoms with Crippen LogP contribution in [0.25, 0.3) is 16.0 Å². The number of nitrogens with zero attached hydrogens (tertiary/aromatic N) is 5. The molecule has 0 fully saturated rings. The van der Waals surface area contributed by atoms with Crippen molar-refractivity contribution in [1.82, 2.24) is 18.7 Å². The van der Waals surface area contributed by atoms with E-state index in [1.165, 1.54) is 29.6 Å². The number of esters is 1. The largest absolute Gasteiger partial charge is 0.467 e. The highest BCUT2D eigenvalue weighted by molar-refractivity contribution is 5.78. The lowest BCUT2D eigenvalue weighted by molar-refractivity contribution is -0.143. The lowest BCUT2D eigenvalue weighted by atomic mass is 10.3. The summed E-state index contributed by atoms with van der Waals surface area (Å²) in [5.74, 6) is -0.542. The van der Waals surface area contributed by atoms with Gasteiger partial charge in [-0.3, -0.25) is 14.2 Å². The second-order valence-corrected chi connectivity index (χ2v) is 4.40. The van der Waals surface area contributed by atoms with E-state index in [0.29, 0.717) is 0 Å². The molecule has 0 aliphatic rings. The highest BCUT2D eigenvalue weighted by Crippen LogP contribution is 2.14. The van der Waals surface area contributed by atoms with Crippen molar-refractivity contribution in [2.24, 2.45) is 7.05 Å². The van der Waals surface area contributed by atoms with Gasteiger partial charge in [0.15, 0.2) is 11.2 Å². The molecule has 0 bridgehead atoms. The number of rotatable bonds is 3. The first kappa shape index (κ1) is 14.5. The fourth-order valence-corrected chi connectivity index (χ4v) is 2.06. The number of ether oxygens (including phenoxy) is 1. The predicted octanol–water partition coefficient (Wildman–Crippen LogP) is -0.493. The quantitative estimate of drug-likeness (QED) is 0.562. The van der Waals surface area contributed by atoms with Crippen LogP contribution in [-0.4, -0.2) is 31.8 Å². The van der Waals surface area contributed by atoms with Crippen LogP contribution < -0.4 is 11.2 Å². The molecular formula is C12H13N5O4. The molecule has 2 heterocycles. The molecule has 0 aliphatic heterocycles. The number of hydrogen-bond acceptors (Lipinski definition) is 5. The van der Waals surface area contributed by atoms with Crippen LogP contribution in [-0.2, 0) is 23.2 Å². The third-order valence-electron chi connectivity index (χ3n) is 3.23. The number of aryl methyl sites for hydroxylation is 1. The number of methoxy groups -OCH3 is 1. The maximum absolute atomic E-state index is 12.4.